The number of aliphatic hydroxyl groups is 1. The molecule has 0 aliphatic heterocycles. The molecule has 0 unspecified atom stereocenters. The minimum Gasteiger partial charge on any atom is -0.396 e. The highest BCUT2D eigenvalue weighted by Crippen LogP contribution is 2.23. The normalized spacial score (nSPS) is 12.5. The van der Waals surface area contributed by atoms with Crippen molar-refractivity contribution in [3.8, 4) is 0 Å². The summed E-state index contributed by atoms with van der Waals surface area (Å²) in [6.07, 6.45) is 1.82. The van der Waals surface area contributed by atoms with Crippen molar-refractivity contribution in [1.82, 2.24) is 14.9 Å². The van der Waals surface area contributed by atoms with Gasteiger partial charge in [0.1, 0.15) is 0 Å². The van der Waals surface area contributed by atoms with Crippen molar-refractivity contribution >= 4 is 28.7 Å². The monoisotopic (exact) mass is 335 g/mol. The molecule has 0 aliphatic rings. The van der Waals surface area contributed by atoms with E-state index in [0.29, 0.717) is 18.2 Å². The molecular formula is C17H25N3O2S. The molecule has 2 N–H and O–H groups in total. The average Bonchev–Trinajstić information content (AvgIpc) is 2.94. The maximum atomic E-state index is 11.9. The molecule has 0 aliphatic carbocycles. The lowest BCUT2D eigenvalue weighted by molar-refractivity contribution is -0.118. The molecule has 0 radical (unpaired) electrons. The number of hydrogen-bond acceptors (Lipinski definition) is 4. The van der Waals surface area contributed by atoms with Crippen LogP contribution in [0.3, 0.4) is 0 Å². The lowest BCUT2D eigenvalue weighted by atomic mass is 10.1. The van der Waals surface area contributed by atoms with E-state index in [4.69, 9.17) is 5.11 Å². The first-order valence-corrected chi connectivity index (χ1v) is 9.09. The van der Waals surface area contributed by atoms with Crippen LogP contribution >= 0.6 is 11.8 Å². The molecule has 0 fully saturated rings. The summed E-state index contributed by atoms with van der Waals surface area (Å²) in [5.74, 6) is 0.700. The molecule has 1 atom stereocenters. The van der Waals surface area contributed by atoms with Gasteiger partial charge in [0.25, 0.3) is 0 Å². The molecule has 23 heavy (non-hydrogen) atoms. The van der Waals surface area contributed by atoms with Crippen LogP contribution in [0.15, 0.2) is 29.4 Å². The summed E-state index contributed by atoms with van der Waals surface area (Å²) in [6.45, 7) is 5.79. The van der Waals surface area contributed by atoms with Crippen LogP contribution in [0.4, 0.5) is 0 Å². The van der Waals surface area contributed by atoms with Gasteiger partial charge < -0.3 is 15.0 Å². The summed E-state index contributed by atoms with van der Waals surface area (Å²) in [7, 11) is 0. The number of thioether (sulfide) groups is 1. The number of nitrogens with one attached hydrogen (secondary N) is 1. The standard InChI is InChI=1S/C17H25N3O2S/c1-3-20-15-9-5-4-8-14(15)19-17(20)23-12-16(22)18-10-6-7-13(2)11-21/h4-5,8-9,13,21H,3,6-7,10-12H2,1-2H3,(H,18,22)/t13-/m0/s1. The molecule has 1 amide bonds. The lowest BCUT2D eigenvalue weighted by Gasteiger charge is -2.09. The number of benzene rings is 1. The van der Waals surface area contributed by atoms with Crippen LogP contribution in [-0.2, 0) is 11.3 Å². The fourth-order valence-corrected chi connectivity index (χ4v) is 3.33. The molecule has 1 heterocycles. The van der Waals surface area contributed by atoms with Gasteiger partial charge in [-0.1, -0.05) is 30.8 Å². The topological polar surface area (TPSA) is 67.2 Å². The molecule has 126 valence electrons. The first kappa shape index (κ1) is 17.8. The van der Waals surface area contributed by atoms with Crippen molar-refractivity contribution in [2.45, 2.75) is 38.4 Å². The van der Waals surface area contributed by atoms with Crippen LogP contribution in [0.5, 0.6) is 0 Å². The van der Waals surface area contributed by atoms with Gasteiger partial charge in [0.2, 0.25) is 5.91 Å². The average molecular weight is 335 g/mol. The Kier molecular flexibility index (Phi) is 6.92. The Bertz CT molecular complexity index is 642. The second kappa shape index (κ2) is 8.93. The molecule has 0 bridgehead atoms. The highest BCUT2D eigenvalue weighted by Gasteiger charge is 2.11. The van der Waals surface area contributed by atoms with Crippen molar-refractivity contribution in [3.63, 3.8) is 0 Å². The predicted molar refractivity (Wildman–Crippen MR) is 94.6 cm³/mol. The molecule has 0 saturated heterocycles. The number of aryl methyl sites for hydroxylation is 1. The third-order valence-electron chi connectivity index (χ3n) is 3.78. The zero-order valence-corrected chi connectivity index (χ0v) is 14.6. The molecule has 0 spiro atoms. The Morgan fingerprint density at radius 2 is 2.22 bits per heavy atom. The first-order valence-electron chi connectivity index (χ1n) is 8.11. The van der Waals surface area contributed by atoms with E-state index < -0.39 is 0 Å². The van der Waals surface area contributed by atoms with Gasteiger partial charge in [0.15, 0.2) is 5.16 Å². The number of para-hydroxylation sites is 2. The van der Waals surface area contributed by atoms with E-state index in [0.717, 1.165) is 35.6 Å². The molecule has 2 aromatic rings. The van der Waals surface area contributed by atoms with Gasteiger partial charge in [-0.2, -0.15) is 0 Å². The number of aromatic nitrogens is 2. The number of imidazole rings is 1. The van der Waals surface area contributed by atoms with E-state index >= 15 is 0 Å². The predicted octanol–water partition coefficient (Wildman–Crippen LogP) is 2.67. The lowest BCUT2D eigenvalue weighted by Crippen LogP contribution is -2.26. The second-order valence-corrected chi connectivity index (χ2v) is 6.64. The number of aliphatic hydroxyl groups excluding tert-OH is 1. The van der Waals surface area contributed by atoms with Gasteiger partial charge in [-0.3, -0.25) is 4.79 Å². The smallest absolute Gasteiger partial charge is 0.230 e. The van der Waals surface area contributed by atoms with Crippen LogP contribution in [0, 0.1) is 5.92 Å². The van der Waals surface area contributed by atoms with E-state index in [1.54, 1.807) is 0 Å². The van der Waals surface area contributed by atoms with E-state index in [-0.39, 0.29) is 12.5 Å². The van der Waals surface area contributed by atoms with Gasteiger partial charge in [-0.15, -0.1) is 0 Å². The number of hydrogen-bond donors (Lipinski definition) is 2. The fourth-order valence-electron chi connectivity index (χ4n) is 2.42. The van der Waals surface area contributed by atoms with Crippen molar-refractivity contribution in [2.75, 3.05) is 18.9 Å². The molecule has 1 aromatic carbocycles. The number of nitrogens with zero attached hydrogens (tertiary/aromatic N) is 2. The van der Waals surface area contributed by atoms with E-state index in [1.807, 2.05) is 25.1 Å². The van der Waals surface area contributed by atoms with Crippen molar-refractivity contribution in [2.24, 2.45) is 5.92 Å². The fraction of sp³-hybridized carbons (Fsp3) is 0.529. The Balaban J connectivity index is 1.82. The zero-order chi connectivity index (χ0) is 16.7. The highest BCUT2D eigenvalue weighted by atomic mass is 32.2. The van der Waals surface area contributed by atoms with Crippen LogP contribution < -0.4 is 5.32 Å². The minimum absolute atomic E-state index is 0.0290. The molecule has 2 rings (SSSR count). The third-order valence-corrected chi connectivity index (χ3v) is 4.75. The maximum Gasteiger partial charge on any atom is 0.230 e. The summed E-state index contributed by atoms with van der Waals surface area (Å²) >= 11 is 1.47. The Morgan fingerprint density at radius 3 is 2.96 bits per heavy atom. The summed E-state index contributed by atoms with van der Waals surface area (Å²) < 4.78 is 2.14. The van der Waals surface area contributed by atoms with Crippen molar-refractivity contribution in [1.29, 1.82) is 0 Å². The molecule has 6 heteroatoms. The molecule has 1 aromatic heterocycles. The Labute approximate surface area is 141 Å². The van der Waals surface area contributed by atoms with Crippen molar-refractivity contribution in [3.05, 3.63) is 24.3 Å². The number of carbonyl (C=O) groups excluding carboxylic acids is 1. The second-order valence-electron chi connectivity index (χ2n) is 5.70. The summed E-state index contributed by atoms with van der Waals surface area (Å²) in [5.41, 5.74) is 2.08. The van der Waals surface area contributed by atoms with E-state index in [9.17, 15) is 4.79 Å². The first-order chi connectivity index (χ1) is 11.2. The minimum atomic E-state index is 0.0290. The SMILES string of the molecule is CCn1c(SCC(=O)NCCC[C@H](C)CO)nc2ccccc21. The number of amides is 1. The van der Waals surface area contributed by atoms with E-state index in [2.05, 4.69) is 27.9 Å². The van der Waals surface area contributed by atoms with Crippen LogP contribution in [0.1, 0.15) is 26.7 Å². The number of fused-ring (bicyclic) bond motifs is 1. The van der Waals surface area contributed by atoms with Gasteiger partial charge >= 0.3 is 0 Å². The van der Waals surface area contributed by atoms with Crippen LogP contribution in [-0.4, -0.2) is 39.5 Å². The Hall–Kier alpha value is -1.53. The van der Waals surface area contributed by atoms with Gasteiger partial charge in [-0.25, -0.2) is 4.98 Å². The third kappa shape index (κ3) is 4.97. The van der Waals surface area contributed by atoms with Crippen molar-refractivity contribution < 1.29 is 9.90 Å². The molecule has 0 saturated carbocycles. The van der Waals surface area contributed by atoms with Gasteiger partial charge in [0.05, 0.1) is 16.8 Å². The number of carbonyl (C=O) groups is 1. The van der Waals surface area contributed by atoms with E-state index in [1.165, 1.54) is 11.8 Å². The Morgan fingerprint density at radius 1 is 1.43 bits per heavy atom. The quantitative estimate of drug-likeness (QED) is 0.546. The zero-order valence-electron chi connectivity index (χ0n) is 13.8. The molecule has 5 nitrogen and oxygen atoms in total. The summed E-state index contributed by atoms with van der Waals surface area (Å²) in [5, 5.41) is 12.8. The highest BCUT2D eigenvalue weighted by molar-refractivity contribution is 7.99. The van der Waals surface area contributed by atoms with Crippen LogP contribution in [0.2, 0.25) is 0 Å². The summed E-state index contributed by atoms with van der Waals surface area (Å²) in [4.78, 5) is 16.5. The largest absolute Gasteiger partial charge is 0.396 e. The van der Waals surface area contributed by atoms with Crippen LogP contribution in [0.25, 0.3) is 11.0 Å². The number of rotatable bonds is 9. The maximum absolute atomic E-state index is 11.9. The molecular weight excluding hydrogens is 310 g/mol. The van der Waals surface area contributed by atoms with Gasteiger partial charge in [-0.05, 0) is 37.8 Å². The summed E-state index contributed by atoms with van der Waals surface area (Å²) in [6, 6.07) is 8.03. The van der Waals surface area contributed by atoms with Gasteiger partial charge in [0, 0.05) is 19.7 Å².